The summed E-state index contributed by atoms with van der Waals surface area (Å²) < 4.78 is 2.59. The Morgan fingerprint density at radius 3 is 2.68 bits per heavy atom. The van der Waals surface area contributed by atoms with Crippen LogP contribution in [0.5, 0.6) is 0 Å². The molecular formula is C12H15IN4O2. The number of fused-ring (bicyclic) bond motifs is 1. The van der Waals surface area contributed by atoms with Crippen molar-refractivity contribution in [1.29, 1.82) is 0 Å². The van der Waals surface area contributed by atoms with Gasteiger partial charge in [-0.05, 0) is 22.6 Å². The number of carbonyl (C=O) groups excluding carboxylic acids is 1. The number of nitrogens with one attached hydrogen (secondary N) is 2. The van der Waals surface area contributed by atoms with Gasteiger partial charge in [-0.25, -0.2) is 0 Å². The van der Waals surface area contributed by atoms with Gasteiger partial charge in [0.2, 0.25) is 11.9 Å². The predicted octanol–water partition coefficient (Wildman–Crippen LogP) is 1.85. The van der Waals surface area contributed by atoms with Gasteiger partial charge >= 0.3 is 0 Å². The molecule has 0 radical (unpaired) electrons. The molecule has 0 fully saturated rings. The lowest BCUT2D eigenvalue weighted by atomic mass is 9.96. The van der Waals surface area contributed by atoms with Crippen LogP contribution in [0.3, 0.4) is 0 Å². The molecule has 0 atom stereocenters. The molecule has 0 aliphatic rings. The molecule has 2 aromatic heterocycles. The van der Waals surface area contributed by atoms with Gasteiger partial charge in [0.15, 0.2) is 0 Å². The van der Waals surface area contributed by atoms with Gasteiger partial charge < -0.3 is 4.57 Å². The SMILES string of the molecule is Cn1cc(I)c2c(=O)[nH]c(NC(=O)C(C)(C)C)nc21. The number of carbonyl (C=O) groups is 1. The zero-order valence-corrected chi connectivity index (χ0v) is 13.3. The van der Waals surface area contributed by atoms with E-state index in [4.69, 9.17) is 0 Å². The fourth-order valence-electron chi connectivity index (χ4n) is 1.58. The molecule has 2 aromatic rings. The highest BCUT2D eigenvalue weighted by molar-refractivity contribution is 14.1. The molecule has 2 N–H and O–H groups in total. The van der Waals surface area contributed by atoms with Gasteiger partial charge in [0.05, 0.1) is 5.39 Å². The Labute approximate surface area is 123 Å². The van der Waals surface area contributed by atoms with Crippen LogP contribution in [0.2, 0.25) is 0 Å². The van der Waals surface area contributed by atoms with E-state index >= 15 is 0 Å². The number of aromatic nitrogens is 3. The summed E-state index contributed by atoms with van der Waals surface area (Å²) in [6.07, 6.45) is 1.82. The van der Waals surface area contributed by atoms with Crippen LogP contribution in [-0.4, -0.2) is 20.4 Å². The van der Waals surface area contributed by atoms with Crippen LogP contribution in [-0.2, 0) is 11.8 Å². The number of nitrogens with zero attached hydrogens (tertiary/aromatic N) is 2. The number of H-pyrrole nitrogens is 1. The number of anilines is 1. The maximum absolute atomic E-state index is 12.0. The molecule has 0 spiro atoms. The van der Waals surface area contributed by atoms with Crippen LogP contribution < -0.4 is 10.9 Å². The van der Waals surface area contributed by atoms with Crippen molar-refractivity contribution in [2.45, 2.75) is 20.8 Å². The standard InChI is InChI=1S/C12H15IN4O2/c1-12(2,3)10(19)16-11-14-8-7(9(18)15-11)6(13)5-17(8)4/h5H,1-4H3,(H2,14,15,16,18,19). The van der Waals surface area contributed by atoms with Crippen molar-refractivity contribution < 1.29 is 4.79 Å². The molecular weight excluding hydrogens is 359 g/mol. The summed E-state index contributed by atoms with van der Waals surface area (Å²) in [6.45, 7) is 5.39. The third-order valence-electron chi connectivity index (χ3n) is 2.69. The van der Waals surface area contributed by atoms with Crippen LogP contribution in [0.4, 0.5) is 5.95 Å². The second-order valence-electron chi connectivity index (χ2n) is 5.41. The van der Waals surface area contributed by atoms with E-state index in [1.807, 2.05) is 13.2 Å². The minimum absolute atomic E-state index is 0.176. The highest BCUT2D eigenvalue weighted by Gasteiger charge is 2.22. The minimum atomic E-state index is -0.545. The number of halogens is 1. The summed E-state index contributed by atoms with van der Waals surface area (Å²) >= 11 is 2.09. The van der Waals surface area contributed by atoms with Crippen LogP contribution in [0.25, 0.3) is 11.0 Å². The third kappa shape index (κ3) is 2.65. The largest absolute Gasteiger partial charge is 0.334 e. The van der Waals surface area contributed by atoms with E-state index in [2.05, 4.69) is 37.9 Å². The van der Waals surface area contributed by atoms with Crippen molar-refractivity contribution in [3.8, 4) is 0 Å². The lowest BCUT2D eigenvalue weighted by Crippen LogP contribution is -2.29. The molecule has 0 saturated carbocycles. The second kappa shape index (κ2) is 4.62. The summed E-state index contributed by atoms with van der Waals surface area (Å²) in [4.78, 5) is 30.8. The Morgan fingerprint density at radius 1 is 1.47 bits per heavy atom. The first-order chi connectivity index (χ1) is 8.70. The van der Waals surface area contributed by atoms with E-state index in [9.17, 15) is 9.59 Å². The number of aromatic amines is 1. The van der Waals surface area contributed by atoms with Crippen molar-refractivity contribution >= 4 is 45.5 Å². The Balaban J connectivity index is 2.50. The minimum Gasteiger partial charge on any atom is -0.334 e. The average Bonchev–Trinajstić information content (AvgIpc) is 2.53. The molecule has 2 heterocycles. The number of hydrogen-bond acceptors (Lipinski definition) is 3. The quantitative estimate of drug-likeness (QED) is 0.748. The Bertz CT molecular complexity index is 709. The number of rotatable bonds is 1. The number of amides is 1. The van der Waals surface area contributed by atoms with Gasteiger partial charge in [0.25, 0.3) is 5.56 Å². The molecule has 2 rings (SSSR count). The van der Waals surface area contributed by atoms with Gasteiger partial charge in [0.1, 0.15) is 5.65 Å². The van der Waals surface area contributed by atoms with Gasteiger partial charge in [0, 0.05) is 22.2 Å². The molecule has 0 aromatic carbocycles. The predicted molar refractivity (Wildman–Crippen MR) is 82.1 cm³/mol. The maximum atomic E-state index is 12.0. The van der Waals surface area contributed by atoms with E-state index in [0.717, 1.165) is 3.57 Å². The lowest BCUT2D eigenvalue weighted by molar-refractivity contribution is -0.123. The monoisotopic (exact) mass is 374 g/mol. The van der Waals surface area contributed by atoms with Crippen LogP contribution >= 0.6 is 22.6 Å². The zero-order chi connectivity index (χ0) is 14.4. The molecule has 0 bridgehead atoms. The third-order valence-corrected chi connectivity index (χ3v) is 3.51. The fourth-order valence-corrected chi connectivity index (χ4v) is 2.49. The Morgan fingerprint density at radius 2 is 2.11 bits per heavy atom. The van der Waals surface area contributed by atoms with Crippen LogP contribution in [0, 0.1) is 8.99 Å². The molecule has 0 unspecified atom stereocenters. The first-order valence-electron chi connectivity index (χ1n) is 5.76. The van der Waals surface area contributed by atoms with E-state index < -0.39 is 5.41 Å². The Kier molecular flexibility index (Phi) is 3.41. The Hall–Kier alpha value is -1.38. The highest BCUT2D eigenvalue weighted by Crippen LogP contribution is 2.19. The molecule has 7 heteroatoms. The fraction of sp³-hybridized carbons (Fsp3) is 0.417. The van der Waals surface area contributed by atoms with E-state index in [0.29, 0.717) is 11.0 Å². The van der Waals surface area contributed by atoms with Crippen LogP contribution in [0.15, 0.2) is 11.0 Å². The second-order valence-corrected chi connectivity index (χ2v) is 6.57. The van der Waals surface area contributed by atoms with Crippen molar-refractivity contribution in [2.24, 2.45) is 12.5 Å². The van der Waals surface area contributed by atoms with Crippen molar-refractivity contribution in [3.05, 3.63) is 20.1 Å². The van der Waals surface area contributed by atoms with Gasteiger partial charge in [-0.2, -0.15) is 4.98 Å². The van der Waals surface area contributed by atoms with E-state index in [1.54, 1.807) is 25.3 Å². The van der Waals surface area contributed by atoms with Crippen LogP contribution in [0.1, 0.15) is 20.8 Å². The normalized spacial score (nSPS) is 11.8. The van der Waals surface area contributed by atoms with Crippen molar-refractivity contribution in [1.82, 2.24) is 14.5 Å². The summed E-state index contributed by atoms with van der Waals surface area (Å²) in [7, 11) is 1.81. The van der Waals surface area contributed by atoms with E-state index in [1.165, 1.54) is 0 Å². The summed E-state index contributed by atoms with van der Waals surface area (Å²) in [5.74, 6) is -0.0195. The molecule has 102 valence electrons. The molecule has 1 amide bonds. The number of hydrogen-bond donors (Lipinski definition) is 2. The molecule has 0 saturated heterocycles. The van der Waals surface area contributed by atoms with Gasteiger partial charge in [-0.1, -0.05) is 20.8 Å². The summed E-state index contributed by atoms with van der Waals surface area (Å²) in [6, 6.07) is 0. The zero-order valence-electron chi connectivity index (χ0n) is 11.2. The summed E-state index contributed by atoms with van der Waals surface area (Å²) in [5, 5.41) is 3.17. The average molecular weight is 374 g/mol. The lowest BCUT2D eigenvalue weighted by Gasteiger charge is -2.16. The van der Waals surface area contributed by atoms with Gasteiger partial charge in [-0.3, -0.25) is 19.9 Å². The topological polar surface area (TPSA) is 79.8 Å². The molecule has 19 heavy (non-hydrogen) atoms. The molecule has 0 aliphatic heterocycles. The number of aryl methyl sites for hydroxylation is 1. The highest BCUT2D eigenvalue weighted by atomic mass is 127. The molecule has 6 nitrogen and oxygen atoms in total. The van der Waals surface area contributed by atoms with Gasteiger partial charge in [-0.15, -0.1) is 0 Å². The smallest absolute Gasteiger partial charge is 0.262 e. The van der Waals surface area contributed by atoms with Crippen molar-refractivity contribution in [3.63, 3.8) is 0 Å². The summed E-state index contributed by atoms with van der Waals surface area (Å²) in [5.41, 5.74) is -0.243. The first-order valence-corrected chi connectivity index (χ1v) is 6.84. The van der Waals surface area contributed by atoms with Crippen molar-refractivity contribution in [2.75, 3.05) is 5.32 Å². The molecule has 0 aliphatic carbocycles. The maximum Gasteiger partial charge on any atom is 0.262 e. The first kappa shape index (κ1) is 14.0. The van der Waals surface area contributed by atoms with E-state index in [-0.39, 0.29) is 17.4 Å².